The van der Waals surface area contributed by atoms with Crippen LogP contribution in [0, 0.1) is 23.3 Å². The molecule has 2 nitrogen and oxygen atoms in total. The van der Waals surface area contributed by atoms with Crippen LogP contribution in [-0.2, 0) is 4.79 Å². The van der Waals surface area contributed by atoms with E-state index >= 15 is 0 Å². The van der Waals surface area contributed by atoms with Crippen LogP contribution >= 0.6 is 15.9 Å². The second kappa shape index (κ2) is 4.29. The Morgan fingerprint density at radius 1 is 1.00 bits per heavy atom. The fraction of sp³-hybridized carbons (Fsp3) is 0.300. The largest absolute Gasteiger partial charge is 0.307 e. The summed E-state index contributed by atoms with van der Waals surface area (Å²) in [7, 11) is 0. The Bertz CT molecular complexity index is 477. The van der Waals surface area contributed by atoms with Crippen LogP contribution in [0.25, 0.3) is 0 Å². The number of amides is 1. The van der Waals surface area contributed by atoms with Crippen molar-refractivity contribution in [2.45, 2.75) is 12.8 Å². The highest BCUT2D eigenvalue weighted by atomic mass is 79.9. The van der Waals surface area contributed by atoms with Gasteiger partial charge in [0.05, 0.1) is 4.47 Å². The predicted molar refractivity (Wildman–Crippen MR) is 55.6 cm³/mol. The first-order chi connectivity index (χ1) is 7.95. The number of carbonyl (C=O) groups is 1. The third-order valence-electron chi connectivity index (χ3n) is 2.53. The molecule has 0 atom stereocenters. The van der Waals surface area contributed by atoms with Gasteiger partial charge < -0.3 is 4.90 Å². The third kappa shape index (κ3) is 1.82. The Hall–Kier alpha value is -1.11. The molecule has 0 radical (unpaired) electrons. The minimum Gasteiger partial charge on any atom is -0.307 e. The highest BCUT2D eigenvalue weighted by molar-refractivity contribution is 9.10. The maximum atomic E-state index is 13.5. The number of anilines is 1. The maximum absolute atomic E-state index is 13.5. The molecule has 1 aliphatic rings. The molecule has 1 aromatic carbocycles. The molecule has 1 heterocycles. The smallest absolute Gasteiger partial charge is 0.227 e. The molecular weight excluding hydrogens is 306 g/mol. The second-order valence-electron chi connectivity index (χ2n) is 3.57. The molecular formula is C10H6BrF4NO. The van der Waals surface area contributed by atoms with E-state index in [1.807, 2.05) is 0 Å². The summed E-state index contributed by atoms with van der Waals surface area (Å²) < 4.78 is 52.6. The topological polar surface area (TPSA) is 20.3 Å². The SMILES string of the molecule is O=C1CCCN1c1c(F)c(F)c(Br)c(F)c1F. The van der Waals surface area contributed by atoms with Gasteiger partial charge in [0, 0.05) is 13.0 Å². The van der Waals surface area contributed by atoms with Gasteiger partial charge in [-0.05, 0) is 22.4 Å². The summed E-state index contributed by atoms with van der Waals surface area (Å²) in [6.45, 7) is 0.0488. The minimum atomic E-state index is -1.56. The summed E-state index contributed by atoms with van der Waals surface area (Å²) >= 11 is 2.41. The zero-order chi connectivity index (χ0) is 12.7. The van der Waals surface area contributed by atoms with Crippen molar-refractivity contribution in [1.82, 2.24) is 0 Å². The van der Waals surface area contributed by atoms with Gasteiger partial charge in [-0.3, -0.25) is 4.79 Å². The van der Waals surface area contributed by atoms with E-state index in [1.54, 1.807) is 0 Å². The van der Waals surface area contributed by atoms with Gasteiger partial charge in [0.1, 0.15) is 5.69 Å². The van der Waals surface area contributed by atoms with E-state index in [0.29, 0.717) is 6.42 Å². The van der Waals surface area contributed by atoms with Crippen LogP contribution in [0.4, 0.5) is 23.2 Å². The van der Waals surface area contributed by atoms with Gasteiger partial charge in [-0.1, -0.05) is 0 Å². The summed E-state index contributed by atoms with van der Waals surface area (Å²) in [5, 5.41) is 0. The highest BCUT2D eigenvalue weighted by Crippen LogP contribution is 2.35. The van der Waals surface area contributed by atoms with Crippen molar-refractivity contribution in [1.29, 1.82) is 0 Å². The number of hydrogen-bond donors (Lipinski definition) is 0. The molecule has 0 saturated carbocycles. The summed E-state index contributed by atoms with van der Waals surface area (Å²) in [4.78, 5) is 12.0. The van der Waals surface area contributed by atoms with Gasteiger partial charge in [0.25, 0.3) is 0 Å². The van der Waals surface area contributed by atoms with Gasteiger partial charge in [-0.25, -0.2) is 17.6 Å². The first-order valence-corrected chi connectivity index (χ1v) is 5.56. The molecule has 1 fully saturated rings. The maximum Gasteiger partial charge on any atom is 0.227 e. The molecule has 0 unspecified atom stereocenters. The lowest BCUT2D eigenvalue weighted by Crippen LogP contribution is -2.27. The molecule has 0 aliphatic carbocycles. The van der Waals surface area contributed by atoms with E-state index in [2.05, 4.69) is 15.9 Å². The Kier molecular flexibility index (Phi) is 3.11. The molecule has 0 spiro atoms. The van der Waals surface area contributed by atoms with E-state index < -0.39 is 39.3 Å². The second-order valence-corrected chi connectivity index (χ2v) is 4.36. The lowest BCUT2D eigenvalue weighted by molar-refractivity contribution is -0.117. The number of rotatable bonds is 1. The molecule has 1 aromatic rings. The average molecular weight is 312 g/mol. The number of benzene rings is 1. The fourth-order valence-electron chi connectivity index (χ4n) is 1.71. The van der Waals surface area contributed by atoms with E-state index in [0.717, 1.165) is 4.90 Å². The van der Waals surface area contributed by atoms with Crippen LogP contribution < -0.4 is 4.90 Å². The molecule has 1 aliphatic heterocycles. The van der Waals surface area contributed by atoms with Crippen LogP contribution in [-0.4, -0.2) is 12.5 Å². The Balaban J connectivity index is 2.65. The van der Waals surface area contributed by atoms with Crippen molar-refractivity contribution in [3.05, 3.63) is 27.7 Å². The third-order valence-corrected chi connectivity index (χ3v) is 3.23. The summed E-state index contributed by atoms with van der Waals surface area (Å²) in [5.74, 6) is -6.77. The van der Waals surface area contributed by atoms with Gasteiger partial charge in [-0.2, -0.15) is 0 Å². The standard InChI is InChI=1S/C10H6BrF4NO/c11-5-6(12)8(14)10(9(15)7(5)13)16-3-1-2-4(16)17/h1-3H2. The molecule has 17 heavy (non-hydrogen) atoms. The van der Waals surface area contributed by atoms with Crippen LogP contribution in [0.15, 0.2) is 4.47 Å². The molecule has 2 rings (SSSR count). The summed E-state index contributed by atoms with van der Waals surface area (Å²) in [6.07, 6.45) is 0.509. The monoisotopic (exact) mass is 311 g/mol. The first-order valence-electron chi connectivity index (χ1n) is 4.77. The van der Waals surface area contributed by atoms with Crippen molar-refractivity contribution in [2.24, 2.45) is 0 Å². The van der Waals surface area contributed by atoms with Crippen molar-refractivity contribution in [2.75, 3.05) is 11.4 Å². The quantitative estimate of drug-likeness (QED) is 0.443. The highest BCUT2D eigenvalue weighted by Gasteiger charge is 2.32. The summed E-state index contributed by atoms with van der Waals surface area (Å²) in [6, 6.07) is 0. The van der Waals surface area contributed by atoms with Gasteiger partial charge >= 0.3 is 0 Å². The van der Waals surface area contributed by atoms with Gasteiger partial charge in [-0.15, -0.1) is 0 Å². The van der Waals surface area contributed by atoms with Crippen molar-refractivity contribution in [3.8, 4) is 0 Å². The lowest BCUT2D eigenvalue weighted by Gasteiger charge is -2.18. The lowest BCUT2D eigenvalue weighted by atomic mass is 10.2. The molecule has 7 heteroatoms. The Morgan fingerprint density at radius 2 is 1.53 bits per heavy atom. The van der Waals surface area contributed by atoms with Crippen LogP contribution in [0.3, 0.4) is 0 Å². The van der Waals surface area contributed by atoms with Crippen LogP contribution in [0.5, 0.6) is 0 Å². The Morgan fingerprint density at radius 3 is 1.94 bits per heavy atom. The molecule has 1 saturated heterocycles. The van der Waals surface area contributed by atoms with Crippen molar-refractivity contribution < 1.29 is 22.4 Å². The van der Waals surface area contributed by atoms with Gasteiger partial charge in [0.15, 0.2) is 23.3 Å². The van der Waals surface area contributed by atoms with Gasteiger partial charge in [0.2, 0.25) is 5.91 Å². The molecule has 0 N–H and O–H groups in total. The van der Waals surface area contributed by atoms with E-state index in [9.17, 15) is 22.4 Å². The molecule has 92 valence electrons. The first kappa shape index (κ1) is 12.3. The average Bonchev–Trinajstić information content (AvgIpc) is 2.71. The number of carbonyl (C=O) groups excluding carboxylic acids is 1. The zero-order valence-electron chi connectivity index (χ0n) is 8.37. The predicted octanol–water partition coefficient (Wildman–Crippen LogP) is 3.13. The van der Waals surface area contributed by atoms with E-state index in [-0.39, 0.29) is 13.0 Å². The van der Waals surface area contributed by atoms with Crippen LogP contribution in [0.1, 0.15) is 12.8 Å². The molecule has 0 aromatic heterocycles. The number of nitrogens with zero attached hydrogens (tertiary/aromatic N) is 1. The normalized spacial score (nSPS) is 15.8. The fourth-order valence-corrected chi connectivity index (χ4v) is 2.06. The summed E-state index contributed by atoms with van der Waals surface area (Å²) in [5.41, 5.74) is -0.953. The molecule has 0 bridgehead atoms. The number of hydrogen-bond acceptors (Lipinski definition) is 1. The zero-order valence-corrected chi connectivity index (χ0v) is 9.95. The Labute approximate surface area is 102 Å². The number of halogens is 5. The minimum absolute atomic E-state index is 0.0488. The van der Waals surface area contributed by atoms with E-state index in [4.69, 9.17) is 0 Å². The van der Waals surface area contributed by atoms with Crippen molar-refractivity contribution >= 4 is 27.5 Å². The van der Waals surface area contributed by atoms with E-state index in [1.165, 1.54) is 0 Å². The molecule has 1 amide bonds. The van der Waals surface area contributed by atoms with Crippen LogP contribution in [0.2, 0.25) is 0 Å². The van der Waals surface area contributed by atoms with Crippen molar-refractivity contribution in [3.63, 3.8) is 0 Å².